The Morgan fingerprint density at radius 2 is 1.95 bits per heavy atom. The molecule has 0 radical (unpaired) electrons. The lowest BCUT2D eigenvalue weighted by Crippen LogP contribution is -2.55. The summed E-state index contributed by atoms with van der Waals surface area (Å²) >= 11 is 6.63. The maximum Gasteiger partial charge on any atom is 0.319 e. The highest BCUT2D eigenvalue weighted by molar-refractivity contribution is 6.32. The fourth-order valence-corrected chi connectivity index (χ4v) is 8.60. The van der Waals surface area contributed by atoms with Crippen molar-refractivity contribution in [3.05, 3.63) is 47.6 Å². The van der Waals surface area contributed by atoms with Crippen LogP contribution in [0.15, 0.2) is 37.1 Å². The van der Waals surface area contributed by atoms with Gasteiger partial charge in [0, 0.05) is 54.9 Å². The average Bonchev–Trinajstić information content (AvgIpc) is 3.62. The molecule has 1 aliphatic carbocycles. The van der Waals surface area contributed by atoms with Crippen LogP contribution in [0.25, 0.3) is 22.2 Å². The minimum Gasteiger partial charge on any atom is -0.508 e. The lowest BCUT2D eigenvalue weighted by Gasteiger charge is -2.41. The number of amides is 1. The molecule has 8 rings (SSSR count). The maximum absolute atomic E-state index is 14.5. The van der Waals surface area contributed by atoms with Crippen LogP contribution in [0.3, 0.4) is 0 Å². The first-order valence-electron chi connectivity index (χ1n) is 15.7. The molecule has 5 aliphatic rings. The Balaban J connectivity index is 1.19. The first-order chi connectivity index (χ1) is 21.3. The molecule has 1 amide bonds. The number of halogens is 2. The van der Waals surface area contributed by atoms with Crippen LogP contribution in [0.1, 0.15) is 56.4 Å². The molecule has 1 saturated carbocycles. The fourth-order valence-electron chi connectivity index (χ4n) is 8.23. The van der Waals surface area contributed by atoms with Gasteiger partial charge in [0.05, 0.1) is 11.1 Å². The molecule has 6 heterocycles. The number of ether oxygens (including phenoxy) is 1. The van der Waals surface area contributed by atoms with E-state index in [2.05, 4.69) is 16.4 Å². The van der Waals surface area contributed by atoms with E-state index >= 15 is 0 Å². The van der Waals surface area contributed by atoms with Gasteiger partial charge in [-0.3, -0.25) is 14.7 Å². The van der Waals surface area contributed by atoms with E-state index < -0.39 is 6.17 Å². The zero-order valence-electron chi connectivity index (χ0n) is 24.6. The first kappa shape index (κ1) is 28.0. The Morgan fingerprint density at radius 3 is 2.70 bits per heavy atom. The van der Waals surface area contributed by atoms with Gasteiger partial charge in [0.25, 0.3) is 0 Å². The van der Waals surface area contributed by atoms with Crippen LogP contribution in [0, 0.1) is 0 Å². The molecule has 2 bridgehead atoms. The molecule has 3 unspecified atom stereocenters. The third-order valence-corrected chi connectivity index (χ3v) is 10.7. The van der Waals surface area contributed by atoms with Gasteiger partial charge in [-0.2, -0.15) is 9.97 Å². The number of rotatable bonds is 7. The molecule has 1 aromatic carbocycles. The summed E-state index contributed by atoms with van der Waals surface area (Å²) in [6.07, 6.45) is 8.70. The van der Waals surface area contributed by atoms with Crippen molar-refractivity contribution in [3.8, 4) is 22.9 Å². The monoisotopic (exact) mass is 618 g/mol. The topological polar surface area (TPSA) is 94.9 Å². The molecule has 2 aromatic heterocycles. The number of phenolic OH excluding ortho intramolecular Hbond substituents is 1. The SMILES string of the molecule is C=CC(=O)N1C2CCC1CN(c1nc(OCC34CCCN3C[C@H](F)C4)nc3cc(-c4cc(O)cc(Cl)c4C4CC4)cnc13)C2. The molecule has 5 fully saturated rings. The van der Waals surface area contributed by atoms with Gasteiger partial charge < -0.3 is 19.6 Å². The molecule has 3 aromatic rings. The third-order valence-electron chi connectivity index (χ3n) is 10.3. The minimum atomic E-state index is -0.849. The number of hydrogen-bond donors (Lipinski definition) is 1. The highest BCUT2D eigenvalue weighted by Crippen LogP contribution is 2.49. The van der Waals surface area contributed by atoms with Gasteiger partial charge >= 0.3 is 6.01 Å². The molecule has 230 valence electrons. The number of alkyl halides is 1. The molecule has 44 heavy (non-hydrogen) atoms. The molecule has 9 nitrogen and oxygen atoms in total. The highest BCUT2D eigenvalue weighted by Gasteiger charge is 2.49. The standard InChI is InChI=1S/C33H36ClFN6O3/c1-2-28(43)41-22-6-7-23(41)17-39(16-22)31-30-27(37-32(38-31)44-18-33-8-3-9-40(33)15-21(35)13-33)10-20(14-36-30)25-11-24(42)12-26(34)29(25)19-4-5-19/h2,10-12,14,19,21-23,42H,1,3-9,13,15-18H2/t21-,22?,23?,33?/m1/s1. The summed E-state index contributed by atoms with van der Waals surface area (Å²) in [4.78, 5) is 33.7. The van der Waals surface area contributed by atoms with Crippen molar-refractivity contribution in [1.82, 2.24) is 24.8 Å². The predicted octanol–water partition coefficient (Wildman–Crippen LogP) is 5.25. The lowest BCUT2D eigenvalue weighted by molar-refractivity contribution is -0.129. The Labute approximate surface area is 260 Å². The second kappa shape index (κ2) is 10.5. The van der Waals surface area contributed by atoms with Crippen LogP contribution >= 0.6 is 11.6 Å². The molecular weight excluding hydrogens is 583 g/mol. The van der Waals surface area contributed by atoms with Crippen molar-refractivity contribution >= 4 is 34.4 Å². The van der Waals surface area contributed by atoms with Crippen LogP contribution < -0.4 is 9.64 Å². The Kier molecular flexibility index (Phi) is 6.71. The summed E-state index contributed by atoms with van der Waals surface area (Å²) < 4.78 is 20.8. The second-order valence-electron chi connectivity index (χ2n) is 13.2. The highest BCUT2D eigenvalue weighted by atomic mass is 35.5. The van der Waals surface area contributed by atoms with Crippen LogP contribution in [0.2, 0.25) is 5.02 Å². The normalized spacial score (nSPS) is 28.1. The number of hydrogen-bond acceptors (Lipinski definition) is 8. The van der Waals surface area contributed by atoms with Crippen LogP contribution in [0.5, 0.6) is 11.8 Å². The van der Waals surface area contributed by atoms with Crippen molar-refractivity contribution in [2.75, 3.05) is 37.7 Å². The molecule has 4 atom stereocenters. The van der Waals surface area contributed by atoms with Crippen LogP contribution in [-0.4, -0.2) is 92.3 Å². The number of aromatic hydroxyl groups is 1. The van der Waals surface area contributed by atoms with Crippen molar-refractivity contribution in [2.24, 2.45) is 0 Å². The second-order valence-corrected chi connectivity index (χ2v) is 13.6. The van der Waals surface area contributed by atoms with Crippen molar-refractivity contribution in [3.63, 3.8) is 0 Å². The van der Waals surface area contributed by atoms with Crippen molar-refractivity contribution in [2.45, 2.75) is 74.7 Å². The van der Waals surface area contributed by atoms with Gasteiger partial charge in [-0.05, 0) is 86.4 Å². The van der Waals surface area contributed by atoms with Crippen molar-refractivity contribution in [1.29, 1.82) is 0 Å². The summed E-state index contributed by atoms with van der Waals surface area (Å²) in [6, 6.07) is 5.68. The summed E-state index contributed by atoms with van der Waals surface area (Å²) in [5.41, 5.74) is 3.63. The number of fused-ring (bicyclic) bond motifs is 4. The lowest BCUT2D eigenvalue weighted by atomic mass is 9.95. The van der Waals surface area contributed by atoms with Gasteiger partial charge in [-0.25, -0.2) is 4.39 Å². The average molecular weight is 619 g/mol. The number of anilines is 1. The number of benzene rings is 1. The van der Waals surface area contributed by atoms with E-state index in [1.54, 1.807) is 18.3 Å². The van der Waals surface area contributed by atoms with Crippen molar-refractivity contribution < 1.29 is 19.0 Å². The molecule has 1 N–H and O–H groups in total. The van der Waals surface area contributed by atoms with Gasteiger partial charge in [0.1, 0.15) is 24.0 Å². The maximum atomic E-state index is 14.5. The van der Waals surface area contributed by atoms with E-state index in [4.69, 9.17) is 31.3 Å². The zero-order valence-corrected chi connectivity index (χ0v) is 25.3. The number of aromatic nitrogens is 3. The van der Waals surface area contributed by atoms with Gasteiger partial charge in [0.15, 0.2) is 5.82 Å². The summed E-state index contributed by atoms with van der Waals surface area (Å²) in [5, 5.41) is 11.0. The van der Waals surface area contributed by atoms with Gasteiger partial charge in [0.2, 0.25) is 5.91 Å². The number of nitrogens with zero attached hydrogens (tertiary/aromatic N) is 6. The Bertz CT molecular complexity index is 1650. The minimum absolute atomic E-state index is 0.0316. The smallest absolute Gasteiger partial charge is 0.319 e. The molecule has 4 aliphatic heterocycles. The number of piperazine rings is 1. The van der Waals surface area contributed by atoms with E-state index in [0.717, 1.165) is 61.8 Å². The molecular formula is C33H36ClFN6O3. The number of phenols is 1. The first-order valence-corrected chi connectivity index (χ1v) is 16.1. The van der Waals surface area contributed by atoms with Crippen LogP contribution in [0.4, 0.5) is 10.2 Å². The Morgan fingerprint density at radius 1 is 1.16 bits per heavy atom. The van der Waals surface area contributed by atoms with E-state index in [0.29, 0.717) is 60.5 Å². The van der Waals surface area contributed by atoms with E-state index in [1.165, 1.54) is 6.08 Å². The third kappa shape index (κ3) is 4.68. The summed E-state index contributed by atoms with van der Waals surface area (Å²) in [7, 11) is 0. The molecule has 4 saturated heterocycles. The number of carbonyl (C=O) groups excluding carboxylic acids is 1. The van der Waals surface area contributed by atoms with Crippen LogP contribution in [-0.2, 0) is 4.79 Å². The molecule has 11 heteroatoms. The van der Waals surface area contributed by atoms with E-state index in [9.17, 15) is 14.3 Å². The largest absolute Gasteiger partial charge is 0.508 e. The number of carbonyl (C=O) groups is 1. The van der Waals surface area contributed by atoms with E-state index in [-0.39, 0.29) is 35.3 Å². The predicted molar refractivity (Wildman–Crippen MR) is 166 cm³/mol. The number of pyridine rings is 1. The Hall–Kier alpha value is -3.50. The quantitative estimate of drug-likeness (QED) is 0.359. The molecule has 0 spiro atoms. The fraction of sp³-hybridized carbons (Fsp3) is 0.515. The van der Waals surface area contributed by atoms with Gasteiger partial charge in [-0.1, -0.05) is 18.2 Å². The zero-order chi connectivity index (χ0) is 30.2. The summed E-state index contributed by atoms with van der Waals surface area (Å²) in [6.45, 7) is 6.61. The van der Waals surface area contributed by atoms with E-state index in [1.807, 2.05) is 11.0 Å². The van der Waals surface area contributed by atoms with Gasteiger partial charge in [-0.15, -0.1) is 0 Å². The summed E-state index contributed by atoms with van der Waals surface area (Å²) in [5.74, 6) is 1.10.